The minimum Gasteiger partial charge on any atom is -0.355 e. The maximum absolute atomic E-state index is 12.0. The van der Waals surface area contributed by atoms with Crippen LogP contribution in [0.1, 0.15) is 31.8 Å². The molecule has 0 aliphatic rings. The second kappa shape index (κ2) is 6.70. The Morgan fingerprint density at radius 3 is 2.29 bits per heavy atom. The third-order valence-corrected chi connectivity index (χ3v) is 3.18. The first-order valence-electron chi connectivity index (χ1n) is 6.76. The van der Waals surface area contributed by atoms with Gasteiger partial charge in [-0.1, -0.05) is 29.8 Å². The van der Waals surface area contributed by atoms with E-state index in [9.17, 15) is 9.59 Å². The van der Waals surface area contributed by atoms with Gasteiger partial charge in [0.05, 0.1) is 0 Å². The molecule has 0 radical (unpaired) electrons. The van der Waals surface area contributed by atoms with Gasteiger partial charge >= 0.3 is 0 Å². The van der Waals surface area contributed by atoms with Gasteiger partial charge in [0.25, 0.3) is 11.8 Å². The Balaban J connectivity index is 1.97. The van der Waals surface area contributed by atoms with E-state index in [1.165, 1.54) is 0 Å². The zero-order valence-corrected chi connectivity index (χ0v) is 12.1. The summed E-state index contributed by atoms with van der Waals surface area (Å²) in [5, 5.41) is 5.43. The normalized spacial score (nSPS) is 10.0. The molecule has 0 aliphatic carbocycles. The molecule has 0 saturated heterocycles. The van der Waals surface area contributed by atoms with E-state index in [1.54, 1.807) is 25.2 Å². The van der Waals surface area contributed by atoms with Crippen LogP contribution in [0.15, 0.2) is 48.5 Å². The van der Waals surface area contributed by atoms with E-state index in [-0.39, 0.29) is 11.8 Å². The quantitative estimate of drug-likeness (QED) is 0.904. The predicted octanol–water partition coefficient (Wildman–Crippen LogP) is 2.28. The standard InChI is InChI=1S/C17H18N2O2/c1-12-4-3-5-15(10-12)17(21)19-11-13-6-8-14(9-7-13)16(20)18-2/h3-10H,11H2,1-2H3,(H,18,20)(H,19,21). The third kappa shape index (κ3) is 3.92. The number of hydrogen-bond acceptors (Lipinski definition) is 2. The van der Waals surface area contributed by atoms with Gasteiger partial charge in [-0.15, -0.1) is 0 Å². The van der Waals surface area contributed by atoms with Crippen LogP contribution in [-0.2, 0) is 6.54 Å². The zero-order chi connectivity index (χ0) is 15.2. The molecule has 4 heteroatoms. The highest BCUT2D eigenvalue weighted by Gasteiger charge is 2.06. The number of amides is 2. The van der Waals surface area contributed by atoms with E-state index in [1.807, 2.05) is 37.3 Å². The van der Waals surface area contributed by atoms with Crippen LogP contribution < -0.4 is 10.6 Å². The first kappa shape index (κ1) is 14.8. The minimum absolute atomic E-state index is 0.103. The van der Waals surface area contributed by atoms with Gasteiger partial charge in [-0.25, -0.2) is 0 Å². The van der Waals surface area contributed by atoms with Gasteiger partial charge in [-0.2, -0.15) is 0 Å². The Labute approximate surface area is 124 Å². The number of carbonyl (C=O) groups is 2. The Kier molecular flexibility index (Phi) is 4.72. The molecule has 2 aromatic carbocycles. The second-order valence-corrected chi connectivity index (χ2v) is 4.83. The van der Waals surface area contributed by atoms with Crippen molar-refractivity contribution in [1.29, 1.82) is 0 Å². The van der Waals surface area contributed by atoms with Crippen molar-refractivity contribution in [3.05, 3.63) is 70.8 Å². The van der Waals surface area contributed by atoms with Crippen molar-refractivity contribution < 1.29 is 9.59 Å². The highest BCUT2D eigenvalue weighted by molar-refractivity contribution is 5.94. The number of nitrogens with one attached hydrogen (secondary N) is 2. The van der Waals surface area contributed by atoms with Crippen molar-refractivity contribution in [1.82, 2.24) is 10.6 Å². The zero-order valence-electron chi connectivity index (χ0n) is 12.1. The Morgan fingerprint density at radius 1 is 0.952 bits per heavy atom. The molecule has 108 valence electrons. The topological polar surface area (TPSA) is 58.2 Å². The fourth-order valence-corrected chi connectivity index (χ4v) is 1.99. The molecule has 0 bridgehead atoms. The molecule has 0 saturated carbocycles. The molecule has 0 aromatic heterocycles. The summed E-state index contributed by atoms with van der Waals surface area (Å²) in [4.78, 5) is 23.4. The van der Waals surface area contributed by atoms with E-state index in [0.717, 1.165) is 11.1 Å². The van der Waals surface area contributed by atoms with Crippen LogP contribution in [0.2, 0.25) is 0 Å². The summed E-state index contributed by atoms with van der Waals surface area (Å²) in [7, 11) is 1.60. The summed E-state index contributed by atoms with van der Waals surface area (Å²) in [6.45, 7) is 2.38. The molecular weight excluding hydrogens is 264 g/mol. The summed E-state index contributed by atoms with van der Waals surface area (Å²) in [6, 6.07) is 14.6. The molecule has 0 heterocycles. The van der Waals surface area contributed by atoms with Crippen molar-refractivity contribution in [3.8, 4) is 0 Å². The Bertz CT molecular complexity index is 648. The van der Waals surface area contributed by atoms with Gasteiger partial charge in [0.2, 0.25) is 0 Å². The Hall–Kier alpha value is -2.62. The van der Waals surface area contributed by atoms with Gasteiger partial charge in [0.1, 0.15) is 0 Å². The highest BCUT2D eigenvalue weighted by atomic mass is 16.2. The molecule has 0 atom stereocenters. The average molecular weight is 282 g/mol. The highest BCUT2D eigenvalue weighted by Crippen LogP contribution is 2.06. The van der Waals surface area contributed by atoms with Gasteiger partial charge in [0, 0.05) is 24.7 Å². The van der Waals surface area contributed by atoms with Crippen LogP contribution >= 0.6 is 0 Å². The summed E-state index contributed by atoms with van der Waals surface area (Å²) >= 11 is 0. The van der Waals surface area contributed by atoms with Gasteiger partial charge in [0.15, 0.2) is 0 Å². The molecule has 0 spiro atoms. The fourth-order valence-electron chi connectivity index (χ4n) is 1.99. The number of benzene rings is 2. The number of rotatable bonds is 4. The summed E-state index contributed by atoms with van der Waals surface area (Å²) in [6.07, 6.45) is 0. The van der Waals surface area contributed by atoms with E-state index >= 15 is 0 Å². The molecule has 0 aliphatic heterocycles. The lowest BCUT2D eigenvalue weighted by Crippen LogP contribution is -2.23. The van der Waals surface area contributed by atoms with E-state index in [2.05, 4.69) is 10.6 Å². The van der Waals surface area contributed by atoms with Crippen molar-refractivity contribution >= 4 is 11.8 Å². The third-order valence-electron chi connectivity index (χ3n) is 3.18. The number of carbonyl (C=O) groups excluding carboxylic acids is 2. The summed E-state index contributed by atoms with van der Waals surface area (Å²) in [5.41, 5.74) is 3.25. The lowest BCUT2D eigenvalue weighted by molar-refractivity contribution is 0.0946. The monoisotopic (exact) mass is 282 g/mol. The van der Waals surface area contributed by atoms with Gasteiger partial charge in [-0.3, -0.25) is 9.59 Å². The second-order valence-electron chi connectivity index (χ2n) is 4.83. The maximum Gasteiger partial charge on any atom is 0.251 e. The minimum atomic E-state index is -0.120. The van der Waals surface area contributed by atoms with Crippen molar-refractivity contribution in [2.45, 2.75) is 13.5 Å². The molecule has 2 N–H and O–H groups in total. The van der Waals surface area contributed by atoms with E-state index in [0.29, 0.717) is 17.7 Å². The molecule has 0 fully saturated rings. The molecule has 2 rings (SSSR count). The molecule has 0 unspecified atom stereocenters. The molecule has 4 nitrogen and oxygen atoms in total. The van der Waals surface area contributed by atoms with Crippen molar-refractivity contribution in [2.24, 2.45) is 0 Å². The fraction of sp³-hybridized carbons (Fsp3) is 0.176. The average Bonchev–Trinajstić information content (AvgIpc) is 2.52. The molecule has 2 amide bonds. The van der Waals surface area contributed by atoms with Crippen molar-refractivity contribution in [3.63, 3.8) is 0 Å². The van der Waals surface area contributed by atoms with Crippen LogP contribution in [0, 0.1) is 6.92 Å². The first-order chi connectivity index (χ1) is 10.1. The van der Waals surface area contributed by atoms with Gasteiger partial charge in [-0.05, 0) is 36.8 Å². The maximum atomic E-state index is 12.0. The molecular formula is C17H18N2O2. The van der Waals surface area contributed by atoms with Crippen LogP contribution in [0.3, 0.4) is 0 Å². The van der Waals surface area contributed by atoms with Crippen LogP contribution in [-0.4, -0.2) is 18.9 Å². The van der Waals surface area contributed by atoms with E-state index < -0.39 is 0 Å². The van der Waals surface area contributed by atoms with E-state index in [4.69, 9.17) is 0 Å². The number of aryl methyl sites for hydroxylation is 1. The van der Waals surface area contributed by atoms with Gasteiger partial charge < -0.3 is 10.6 Å². The summed E-state index contributed by atoms with van der Waals surface area (Å²) < 4.78 is 0. The molecule has 2 aromatic rings. The summed E-state index contributed by atoms with van der Waals surface area (Å²) in [5.74, 6) is -0.223. The van der Waals surface area contributed by atoms with Crippen LogP contribution in [0.25, 0.3) is 0 Å². The lowest BCUT2D eigenvalue weighted by Gasteiger charge is -2.07. The first-order valence-corrected chi connectivity index (χ1v) is 6.76. The SMILES string of the molecule is CNC(=O)c1ccc(CNC(=O)c2cccc(C)c2)cc1. The number of hydrogen-bond donors (Lipinski definition) is 2. The predicted molar refractivity (Wildman–Crippen MR) is 82.2 cm³/mol. The smallest absolute Gasteiger partial charge is 0.251 e. The largest absolute Gasteiger partial charge is 0.355 e. The van der Waals surface area contributed by atoms with Crippen LogP contribution in [0.4, 0.5) is 0 Å². The lowest BCUT2D eigenvalue weighted by atomic mass is 10.1. The Morgan fingerprint density at radius 2 is 1.67 bits per heavy atom. The molecule has 21 heavy (non-hydrogen) atoms. The van der Waals surface area contributed by atoms with Crippen molar-refractivity contribution in [2.75, 3.05) is 7.05 Å². The van der Waals surface area contributed by atoms with Crippen LogP contribution in [0.5, 0.6) is 0 Å².